The van der Waals surface area contributed by atoms with Crippen molar-refractivity contribution in [1.82, 2.24) is 0 Å². The van der Waals surface area contributed by atoms with E-state index in [1.54, 1.807) is 6.07 Å². The van der Waals surface area contributed by atoms with Gasteiger partial charge < -0.3 is 4.74 Å². The first-order valence-corrected chi connectivity index (χ1v) is 4.13. The van der Waals surface area contributed by atoms with E-state index in [0.717, 1.165) is 0 Å². The fraction of sp³-hybridized carbons (Fsp3) is 0.125. The highest BCUT2D eigenvalue weighted by Gasteiger charge is 2.34. The van der Waals surface area contributed by atoms with Crippen LogP contribution in [0.2, 0.25) is 0 Å². The molecular formula is C8H3Cl2NO3. The number of carbonyl (C=O) groups is 2. The number of halogens is 2. The Hall–Kier alpha value is -1.31. The van der Waals surface area contributed by atoms with Gasteiger partial charge in [-0.3, -0.25) is 9.59 Å². The minimum Gasteiger partial charge on any atom is -0.491 e. The number of rotatable bonds is 1. The van der Waals surface area contributed by atoms with Gasteiger partial charge in [-0.05, 0) is 0 Å². The number of ether oxygens (including phenoxy) is 1. The topological polar surface area (TPSA) is 67.2 Å². The van der Waals surface area contributed by atoms with Crippen LogP contribution >= 0.6 is 23.2 Å². The summed E-state index contributed by atoms with van der Waals surface area (Å²) < 4.78 is 4.61. The van der Waals surface area contributed by atoms with Crippen LogP contribution in [0.3, 0.4) is 0 Å². The zero-order valence-corrected chi connectivity index (χ0v) is 8.44. The normalized spacial score (nSPS) is 17.3. The standard InChI is InChI=1S/C8H3Cl2NO3/c1-14-8-3(2-11)6(12)4(9)5(10)7(8)13/h1H3. The van der Waals surface area contributed by atoms with Crippen LogP contribution in [0.5, 0.6) is 0 Å². The molecule has 4 nitrogen and oxygen atoms in total. The summed E-state index contributed by atoms with van der Waals surface area (Å²) in [5, 5.41) is 7.73. The number of hydrogen-bond donors (Lipinski definition) is 0. The molecule has 0 saturated carbocycles. The summed E-state index contributed by atoms with van der Waals surface area (Å²) in [7, 11) is 1.17. The number of methoxy groups -OCH3 is 1. The van der Waals surface area contributed by atoms with Crippen molar-refractivity contribution in [2.24, 2.45) is 0 Å². The highest BCUT2D eigenvalue weighted by atomic mass is 35.5. The first kappa shape index (κ1) is 10.8. The van der Waals surface area contributed by atoms with Crippen molar-refractivity contribution in [3.8, 4) is 6.07 Å². The van der Waals surface area contributed by atoms with Crippen LogP contribution in [0.1, 0.15) is 0 Å². The maximum atomic E-state index is 11.3. The first-order chi connectivity index (χ1) is 6.54. The molecule has 0 unspecified atom stereocenters. The summed E-state index contributed by atoms with van der Waals surface area (Å²) >= 11 is 10.9. The number of Topliss-reactive ketones (excluding diaryl/α,β-unsaturated/α-hetero) is 2. The lowest BCUT2D eigenvalue weighted by atomic mass is 10.0. The van der Waals surface area contributed by atoms with E-state index in [0.29, 0.717) is 0 Å². The molecule has 0 bridgehead atoms. The van der Waals surface area contributed by atoms with Gasteiger partial charge in [0.1, 0.15) is 21.7 Å². The molecule has 14 heavy (non-hydrogen) atoms. The predicted octanol–water partition coefficient (Wildman–Crippen LogP) is 1.25. The molecular weight excluding hydrogens is 229 g/mol. The van der Waals surface area contributed by atoms with Crippen LogP contribution < -0.4 is 0 Å². The van der Waals surface area contributed by atoms with Gasteiger partial charge in [-0.2, -0.15) is 5.26 Å². The quantitative estimate of drug-likeness (QED) is 0.638. The van der Waals surface area contributed by atoms with Gasteiger partial charge in [-0.1, -0.05) is 23.2 Å². The highest BCUT2D eigenvalue weighted by molar-refractivity contribution is 6.59. The van der Waals surface area contributed by atoms with Crippen LogP contribution in [0.25, 0.3) is 0 Å². The molecule has 0 aliphatic heterocycles. The molecule has 72 valence electrons. The van der Waals surface area contributed by atoms with Crippen molar-refractivity contribution in [2.45, 2.75) is 0 Å². The summed E-state index contributed by atoms with van der Waals surface area (Å²) in [5.74, 6) is -1.92. The predicted molar refractivity (Wildman–Crippen MR) is 48.4 cm³/mol. The van der Waals surface area contributed by atoms with Crippen molar-refractivity contribution in [3.05, 3.63) is 21.4 Å². The van der Waals surface area contributed by atoms with Crippen molar-refractivity contribution < 1.29 is 14.3 Å². The smallest absolute Gasteiger partial charge is 0.242 e. The zero-order valence-electron chi connectivity index (χ0n) is 6.93. The minimum absolute atomic E-state index is 0.369. The van der Waals surface area contributed by atoms with E-state index in [-0.39, 0.29) is 5.76 Å². The molecule has 0 spiro atoms. The molecule has 0 fully saturated rings. The molecule has 6 heteroatoms. The van der Waals surface area contributed by atoms with Gasteiger partial charge in [-0.25, -0.2) is 0 Å². The summed E-state index contributed by atoms with van der Waals surface area (Å²) in [6, 6.07) is 1.54. The number of allylic oxidation sites excluding steroid dienone is 3. The number of nitriles is 1. The van der Waals surface area contributed by atoms with Crippen LogP contribution in [-0.4, -0.2) is 18.7 Å². The lowest BCUT2D eigenvalue weighted by Gasteiger charge is -2.12. The summed E-state index contributed by atoms with van der Waals surface area (Å²) in [6.07, 6.45) is 0. The summed E-state index contributed by atoms with van der Waals surface area (Å²) in [4.78, 5) is 22.6. The van der Waals surface area contributed by atoms with Gasteiger partial charge in [0, 0.05) is 0 Å². The maximum Gasteiger partial charge on any atom is 0.242 e. The van der Waals surface area contributed by atoms with E-state index in [4.69, 9.17) is 28.5 Å². The van der Waals surface area contributed by atoms with Crippen molar-refractivity contribution >= 4 is 34.8 Å². The molecule has 0 heterocycles. The molecule has 0 radical (unpaired) electrons. The molecule has 0 aromatic carbocycles. The molecule has 1 rings (SSSR count). The fourth-order valence-corrected chi connectivity index (χ4v) is 1.27. The van der Waals surface area contributed by atoms with Crippen LogP contribution in [0.15, 0.2) is 21.4 Å². The molecule has 0 N–H and O–H groups in total. The molecule has 0 saturated heterocycles. The van der Waals surface area contributed by atoms with E-state index in [1.165, 1.54) is 7.11 Å². The van der Waals surface area contributed by atoms with E-state index >= 15 is 0 Å². The molecule has 0 aromatic heterocycles. The third-order valence-electron chi connectivity index (χ3n) is 1.57. The average molecular weight is 232 g/mol. The first-order valence-electron chi connectivity index (χ1n) is 3.37. The Morgan fingerprint density at radius 3 is 2.14 bits per heavy atom. The Bertz CT molecular complexity index is 428. The van der Waals surface area contributed by atoms with E-state index in [2.05, 4.69) is 4.74 Å². The summed E-state index contributed by atoms with van der Waals surface area (Å²) in [6.45, 7) is 0. The Kier molecular flexibility index (Phi) is 2.94. The van der Waals surface area contributed by atoms with Gasteiger partial charge in [0.05, 0.1) is 7.11 Å². The Morgan fingerprint density at radius 1 is 1.21 bits per heavy atom. The monoisotopic (exact) mass is 231 g/mol. The lowest BCUT2D eigenvalue weighted by Crippen LogP contribution is -2.20. The zero-order chi connectivity index (χ0) is 10.9. The summed E-state index contributed by atoms with van der Waals surface area (Å²) in [5.41, 5.74) is -0.424. The van der Waals surface area contributed by atoms with E-state index in [9.17, 15) is 9.59 Å². The van der Waals surface area contributed by atoms with Crippen molar-refractivity contribution in [1.29, 1.82) is 5.26 Å². The SMILES string of the molecule is COC1=C(C#N)C(=O)C(Cl)=C(Cl)C1=O. The van der Waals surface area contributed by atoms with Gasteiger partial charge in [0.25, 0.3) is 0 Å². The van der Waals surface area contributed by atoms with Gasteiger partial charge >= 0.3 is 0 Å². The molecule has 0 aromatic rings. The fourth-order valence-electron chi connectivity index (χ4n) is 0.922. The number of ketones is 2. The number of nitrogens with zero attached hydrogens (tertiary/aromatic N) is 1. The molecule has 1 aliphatic carbocycles. The van der Waals surface area contributed by atoms with E-state index in [1.807, 2.05) is 0 Å². The third kappa shape index (κ3) is 1.41. The Labute approximate surface area is 89.3 Å². The average Bonchev–Trinajstić information content (AvgIpc) is 2.20. The molecule has 1 aliphatic rings. The van der Waals surface area contributed by atoms with Crippen LogP contribution in [-0.2, 0) is 14.3 Å². The number of carbonyl (C=O) groups excluding carboxylic acids is 2. The maximum absolute atomic E-state index is 11.3. The van der Waals surface area contributed by atoms with Gasteiger partial charge in [-0.15, -0.1) is 0 Å². The second-order valence-corrected chi connectivity index (χ2v) is 3.06. The minimum atomic E-state index is -0.796. The van der Waals surface area contributed by atoms with Crippen LogP contribution in [0, 0.1) is 11.3 Å². The third-order valence-corrected chi connectivity index (χ3v) is 2.39. The van der Waals surface area contributed by atoms with Crippen molar-refractivity contribution in [3.63, 3.8) is 0 Å². The second-order valence-electron chi connectivity index (χ2n) is 2.31. The van der Waals surface area contributed by atoms with Gasteiger partial charge in [0.15, 0.2) is 5.76 Å². The Morgan fingerprint density at radius 2 is 1.71 bits per heavy atom. The van der Waals surface area contributed by atoms with E-state index < -0.39 is 27.2 Å². The van der Waals surface area contributed by atoms with Gasteiger partial charge in [0.2, 0.25) is 11.6 Å². The molecule has 0 amide bonds. The van der Waals surface area contributed by atoms with Crippen molar-refractivity contribution in [2.75, 3.05) is 7.11 Å². The Balaban J connectivity index is 3.41. The largest absolute Gasteiger partial charge is 0.491 e. The number of hydrogen-bond acceptors (Lipinski definition) is 4. The highest BCUT2D eigenvalue weighted by Crippen LogP contribution is 2.29. The van der Waals surface area contributed by atoms with Crippen LogP contribution in [0.4, 0.5) is 0 Å². The molecule has 0 atom stereocenters. The second kappa shape index (κ2) is 3.82. The lowest BCUT2D eigenvalue weighted by molar-refractivity contribution is -0.117.